The summed E-state index contributed by atoms with van der Waals surface area (Å²) in [7, 11) is 0. The Balaban J connectivity index is 1.87. The van der Waals surface area contributed by atoms with Gasteiger partial charge in [-0.2, -0.15) is 0 Å². The van der Waals surface area contributed by atoms with Crippen molar-refractivity contribution in [3.63, 3.8) is 0 Å². The Kier molecular flexibility index (Phi) is 4.20. The van der Waals surface area contributed by atoms with Crippen molar-refractivity contribution in [3.8, 4) is 0 Å². The van der Waals surface area contributed by atoms with Gasteiger partial charge in [0.1, 0.15) is 10.8 Å². The van der Waals surface area contributed by atoms with Crippen LogP contribution in [0.1, 0.15) is 20.8 Å². The van der Waals surface area contributed by atoms with Gasteiger partial charge in [-0.05, 0) is 20.8 Å². The van der Waals surface area contributed by atoms with Crippen LogP contribution in [0.25, 0.3) is 0 Å². The quantitative estimate of drug-likeness (QED) is 0.800. The molecule has 0 unspecified atom stereocenters. The lowest BCUT2D eigenvalue weighted by atomic mass is 10.2. The normalized spacial score (nSPS) is 16.6. The maximum Gasteiger partial charge on any atom is 0.410 e. The SMILES string of the molecule is CC(C)(C)OC(=O)N1CCN(c2nc(Cl)cs2)CC1. The summed E-state index contributed by atoms with van der Waals surface area (Å²) in [6, 6.07) is 0. The standard InChI is InChI=1S/C12H18ClN3O2S/c1-12(2,3)18-11(17)16-6-4-15(5-7-16)10-14-9(13)8-19-10/h8H,4-7H2,1-3H3. The molecule has 2 heterocycles. The van der Waals surface area contributed by atoms with E-state index in [1.54, 1.807) is 4.90 Å². The number of ether oxygens (including phenoxy) is 1. The van der Waals surface area contributed by atoms with Crippen LogP contribution in [0.2, 0.25) is 5.15 Å². The van der Waals surface area contributed by atoms with Crippen LogP contribution < -0.4 is 4.90 Å². The van der Waals surface area contributed by atoms with Gasteiger partial charge in [0.25, 0.3) is 0 Å². The third-order valence-electron chi connectivity index (χ3n) is 2.67. The number of halogens is 1. The Hall–Kier alpha value is -1.01. The molecule has 0 N–H and O–H groups in total. The first-order valence-electron chi connectivity index (χ1n) is 6.19. The number of hydrogen-bond donors (Lipinski definition) is 0. The third kappa shape index (κ3) is 3.98. The summed E-state index contributed by atoms with van der Waals surface area (Å²) in [6.45, 7) is 8.42. The lowest BCUT2D eigenvalue weighted by Crippen LogP contribution is -2.50. The molecule has 1 aromatic heterocycles. The van der Waals surface area contributed by atoms with Crippen LogP contribution in [-0.2, 0) is 4.74 Å². The van der Waals surface area contributed by atoms with Gasteiger partial charge in [-0.25, -0.2) is 9.78 Å². The predicted molar refractivity (Wildman–Crippen MR) is 77.1 cm³/mol. The van der Waals surface area contributed by atoms with E-state index in [0.717, 1.165) is 18.2 Å². The van der Waals surface area contributed by atoms with Gasteiger partial charge in [-0.3, -0.25) is 0 Å². The van der Waals surface area contributed by atoms with Gasteiger partial charge in [-0.1, -0.05) is 11.6 Å². The van der Waals surface area contributed by atoms with Crippen molar-refractivity contribution in [1.82, 2.24) is 9.88 Å². The molecule has 1 fully saturated rings. The van der Waals surface area contributed by atoms with Gasteiger partial charge >= 0.3 is 6.09 Å². The molecule has 0 aliphatic carbocycles. The molecule has 0 spiro atoms. The maximum absolute atomic E-state index is 11.9. The summed E-state index contributed by atoms with van der Waals surface area (Å²) in [6.07, 6.45) is -0.246. The fraction of sp³-hybridized carbons (Fsp3) is 0.667. The van der Waals surface area contributed by atoms with Crippen molar-refractivity contribution in [2.75, 3.05) is 31.1 Å². The lowest BCUT2D eigenvalue weighted by Gasteiger charge is -2.35. The number of anilines is 1. The second-order valence-electron chi connectivity index (χ2n) is 5.41. The molecule has 1 aliphatic rings. The summed E-state index contributed by atoms with van der Waals surface area (Å²) in [5.41, 5.74) is -0.447. The molecule has 19 heavy (non-hydrogen) atoms. The zero-order valence-electron chi connectivity index (χ0n) is 11.4. The van der Waals surface area contributed by atoms with Gasteiger partial charge in [0, 0.05) is 31.6 Å². The van der Waals surface area contributed by atoms with Gasteiger partial charge in [-0.15, -0.1) is 11.3 Å². The first kappa shape index (κ1) is 14.4. The summed E-state index contributed by atoms with van der Waals surface area (Å²) in [5, 5.41) is 3.25. The molecule has 1 saturated heterocycles. The van der Waals surface area contributed by atoms with E-state index in [9.17, 15) is 4.79 Å². The summed E-state index contributed by atoms with van der Waals surface area (Å²) in [4.78, 5) is 20.0. The minimum atomic E-state index is -0.447. The van der Waals surface area contributed by atoms with Crippen molar-refractivity contribution < 1.29 is 9.53 Å². The number of carbonyl (C=O) groups is 1. The molecule has 0 saturated carbocycles. The molecule has 0 radical (unpaired) electrons. The molecule has 106 valence electrons. The number of thiazole rings is 1. The summed E-state index contributed by atoms with van der Waals surface area (Å²) in [5.74, 6) is 0. The van der Waals surface area contributed by atoms with Crippen LogP contribution in [0, 0.1) is 0 Å². The Morgan fingerprint density at radius 2 is 2.00 bits per heavy atom. The Bertz CT molecular complexity index is 450. The van der Waals surface area contributed by atoms with Crippen molar-refractivity contribution in [2.24, 2.45) is 0 Å². The van der Waals surface area contributed by atoms with E-state index >= 15 is 0 Å². The number of nitrogens with zero attached hydrogens (tertiary/aromatic N) is 3. The number of amides is 1. The van der Waals surface area contributed by atoms with E-state index in [2.05, 4.69) is 9.88 Å². The molecule has 0 atom stereocenters. The smallest absolute Gasteiger partial charge is 0.410 e. The topological polar surface area (TPSA) is 45.7 Å². The molecule has 1 amide bonds. The molecule has 1 aromatic rings. The Labute approximate surface area is 122 Å². The second kappa shape index (κ2) is 5.54. The van der Waals surface area contributed by atoms with Gasteiger partial charge < -0.3 is 14.5 Å². The fourth-order valence-electron chi connectivity index (χ4n) is 1.80. The first-order chi connectivity index (χ1) is 8.85. The molecule has 1 aliphatic heterocycles. The van der Waals surface area contributed by atoms with E-state index in [0.29, 0.717) is 18.2 Å². The molecule has 0 aromatic carbocycles. The number of aromatic nitrogens is 1. The molecular weight excluding hydrogens is 286 g/mol. The number of piperazine rings is 1. The molecule has 2 rings (SSSR count). The second-order valence-corrected chi connectivity index (χ2v) is 6.63. The number of hydrogen-bond acceptors (Lipinski definition) is 5. The lowest BCUT2D eigenvalue weighted by molar-refractivity contribution is 0.0240. The number of rotatable bonds is 1. The van der Waals surface area contributed by atoms with Crippen molar-refractivity contribution in [1.29, 1.82) is 0 Å². The van der Waals surface area contributed by atoms with Gasteiger partial charge in [0.15, 0.2) is 5.13 Å². The molecular formula is C12H18ClN3O2S. The zero-order valence-corrected chi connectivity index (χ0v) is 12.9. The van der Waals surface area contributed by atoms with Crippen molar-refractivity contribution in [2.45, 2.75) is 26.4 Å². The predicted octanol–water partition coefficient (Wildman–Crippen LogP) is 2.85. The first-order valence-corrected chi connectivity index (χ1v) is 7.45. The third-order valence-corrected chi connectivity index (χ3v) is 3.89. The van der Waals surface area contributed by atoms with E-state index in [4.69, 9.17) is 16.3 Å². The van der Waals surface area contributed by atoms with Crippen LogP contribution in [0.5, 0.6) is 0 Å². The van der Waals surface area contributed by atoms with Crippen LogP contribution in [0.4, 0.5) is 9.93 Å². The minimum absolute atomic E-state index is 0.246. The van der Waals surface area contributed by atoms with Gasteiger partial charge in [0.2, 0.25) is 0 Å². The summed E-state index contributed by atoms with van der Waals surface area (Å²) >= 11 is 7.34. The van der Waals surface area contributed by atoms with Crippen molar-refractivity contribution >= 4 is 34.2 Å². The summed E-state index contributed by atoms with van der Waals surface area (Å²) < 4.78 is 5.36. The monoisotopic (exact) mass is 303 g/mol. The van der Waals surface area contributed by atoms with Crippen LogP contribution in [-0.4, -0.2) is 47.8 Å². The largest absolute Gasteiger partial charge is 0.444 e. The highest BCUT2D eigenvalue weighted by molar-refractivity contribution is 7.14. The van der Waals surface area contributed by atoms with E-state index in [-0.39, 0.29) is 6.09 Å². The van der Waals surface area contributed by atoms with E-state index in [1.807, 2.05) is 26.2 Å². The van der Waals surface area contributed by atoms with E-state index in [1.165, 1.54) is 11.3 Å². The Morgan fingerprint density at radius 3 is 2.47 bits per heavy atom. The van der Waals surface area contributed by atoms with Crippen LogP contribution in [0.3, 0.4) is 0 Å². The van der Waals surface area contributed by atoms with Gasteiger partial charge in [0.05, 0.1) is 0 Å². The maximum atomic E-state index is 11.9. The molecule has 0 bridgehead atoms. The Morgan fingerprint density at radius 1 is 1.37 bits per heavy atom. The highest BCUT2D eigenvalue weighted by Gasteiger charge is 2.26. The van der Waals surface area contributed by atoms with Crippen LogP contribution in [0.15, 0.2) is 5.38 Å². The van der Waals surface area contributed by atoms with E-state index < -0.39 is 5.60 Å². The molecule has 7 heteroatoms. The fourth-order valence-corrected chi connectivity index (χ4v) is 2.80. The average Bonchev–Trinajstić information content (AvgIpc) is 2.74. The average molecular weight is 304 g/mol. The highest BCUT2D eigenvalue weighted by atomic mass is 35.5. The minimum Gasteiger partial charge on any atom is -0.444 e. The van der Waals surface area contributed by atoms with Crippen molar-refractivity contribution in [3.05, 3.63) is 10.5 Å². The highest BCUT2D eigenvalue weighted by Crippen LogP contribution is 2.24. The zero-order chi connectivity index (χ0) is 14.0. The molecule has 5 nitrogen and oxygen atoms in total. The number of carbonyl (C=O) groups excluding carboxylic acids is 1. The van der Waals surface area contributed by atoms with Crippen LogP contribution >= 0.6 is 22.9 Å².